The normalized spacial score (nSPS) is 12.1. The summed E-state index contributed by atoms with van der Waals surface area (Å²) in [6.45, 7) is 10.4. The zero-order valence-corrected chi connectivity index (χ0v) is 19.7. The summed E-state index contributed by atoms with van der Waals surface area (Å²) in [4.78, 5) is 23.2. The molecule has 33 heavy (non-hydrogen) atoms. The molecule has 0 unspecified atom stereocenters. The molecule has 0 aliphatic heterocycles. The second-order valence-corrected chi connectivity index (χ2v) is 9.32. The molecular weight excluding hydrogens is 408 g/mol. The maximum absolute atomic E-state index is 13.1. The van der Waals surface area contributed by atoms with Gasteiger partial charge in [-0.15, -0.1) is 0 Å². The van der Waals surface area contributed by atoms with Crippen molar-refractivity contribution in [3.8, 4) is 11.3 Å². The number of pyridine rings is 1. The van der Waals surface area contributed by atoms with Crippen LogP contribution in [-0.4, -0.2) is 16.7 Å². The van der Waals surface area contributed by atoms with E-state index in [0.717, 1.165) is 33.3 Å². The number of oxime groups is 1. The first-order valence-electron chi connectivity index (χ1n) is 11.1. The molecule has 1 heterocycles. The van der Waals surface area contributed by atoms with Gasteiger partial charge in [0.15, 0.2) is 0 Å². The van der Waals surface area contributed by atoms with Crippen LogP contribution in [0.5, 0.6) is 0 Å². The fraction of sp³-hybridized carbons (Fsp3) is 0.207. The van der Waals surface area contributed by atoms with Crippen LogP contribution in [0.1, 0.15) is 54.7 Å². The lowest BCUT2D eigenvalue weighted by molar-refractivity contribution is 0.0518. The van der Waals surface area contributed by atoms with E-state index in [1.165, 1.54) is 5.56 Å². The summed E-state index contributed by atoms with van der Waals surface area (Å²) in [7, 11) is 0. The van der Waals surface area contributed by atoms with Crippen molar-refractivity contribution in [2.24, 2.45) is 5.16 Å². The summed E-state index contributed by atoms with van der Waals surface area (Å²) >= 11 is 0. The summed E-state index contributed by atoms with van der Waals surface area (Å²) in [5.41, 5.74) is 6.85. The van der Waals surface area contributed by atoms with Crippen molar-refractivity contribution in [3.05, 3.63) is 101 Å². The van der Waals surface area contributed by atoms with Crippen molar-refractivity contribution in [1.82, 2.24) is 4.98 Å². The zero-order chi connectivity index (χ0) is 23.6. The molecule has 0 radical (unpaired) electrons. The largest absolute Gasteiger partial charge is 0.366 e. The van der Waals surface area contributed by atoms with Gasteiger partial charge in [-0.05, 0) is 48.6 Å². The fourth-order valence-electron chi connectivity index (χ4n) is 3.72. The SMILES string of the molecule is CC(=NOC(=O)c1cc(-c2cccc(C)c2)nc2ccccc12)c1ccc(C(C)(C)C)cc1. The maximum Gasteiger partial charge on any atom is 0.366 e. The first kappa shape index (κ1) is 22.4. The Morgan fingerprint density at radius 3 is 2.33 bits per heavy atom. The highest BCUT2D eigenvalue weighted by molar-refractivity contribution is 6.05. The maximum atomic E-state index is 13.1. The molecule has 0 bridgehead atoms. The Balaban J connectivity index is 1.65. The standard InChI is InChI=1S/C29H28N2O2/c1-19-9-8-10-22(17-19)27-18-25(24-11-6-7-12-26(24)30-27)28(32)33-31-20(2)21-13-15-23(16-14-21)29(3,4)5/h6-18H,1-5H3. The Kier molecular flexibility index (Phi) is 6.10. The first-order valence-corrected chi connectivity index (χ1v) is 11.1. The summed E-state index contributed by atoms with van der Waals surface area (Å²) in [5, 5.41) is 4.87. The van der Waals surface area contributed by atoms with Crippen LogP contribution in [0.25, 0.3) is 22.2 Å². The molecule has 0 N–H and O–H groups in total. The number of carbonyl (C=O) groups excluding carboxylic acids is 1. The second kappa shape index (κ2) is 8.99. The minimum Gasteiger partial charge on any atom is -0.313 e. The van der Waals surface area contributed by atoms with Crippen LogP contribution in [0, 0.1) is 6.92 Å². The molecular formula is C29H28N2O2. The lowest BCUT2D eigenvalue weighted by atomic mass is 9.86. The van der Waals surface area contributed by atoms with Crippen LogP contribution in [0.4, 0.5) is 0 Å². The van der Waals surface area contributed by atoms with E-state index in [4.69, 9.17) is 9.82 Å². The Morgan fingerprint density at radius 2 is 1.64 bits per heavy atom. The van der Waals surface area contributed by atoms with Crippen molar-refractivity contribution < 1.29 is 9.63 Å². The highest BCUT2D eigenvalue weighted by Crippen LogP contribution is 2.26. The van der Waals surface area contributed by atoms with E-state index in [2.05, 4.69) is 44.1 Å². The van der Waals surface area contributed by atoms with Gasteiger partial charge in [-0.1, -0.05) is 92.2 Å². The number of benzene rings is 3. The van der Waals surface area contributed by atoms with E-state index in [9.17, 15) is 4.79 Å². The van der Waals surface area contributed by atoms with Gasteiger partial charge in [0.05, 0.1) is 22.5 Å². The van der Waals surface area contributed by atoms with E-state index >= 15 is 0 Å². The Hall–Kier alpha value is -3.79. The molecule has 0 aliphatic rings. The number of carbonyl (C=O) groups is 1. The fourth-order valence-corrected chi connectivity index (χ4v) is 3.72. The molecule has 0 atom stereocenters. The van der Waals surface area contributed by atoms with Gasteiger partial charge < -0.3 is 4.84 Å². The van der Waals surface area contributed by atoms with Crippen LogP contribution < -0.4 is 0 Å². The van der Waals surface area contributed by atoms with Crippen LogP contribution >= 0.6 is 0 Å². The van der Waals surface area contributed by atoms with Gasteiger partial charge in [-0.25, -0.2) is 9.78 Å². The van der Waals surface area contributed by atoms with Crippen LogP contribution in [0.3, 0.4) is 0 Å². The monoisotopic (exact) mass is 436 g/mol. The molecule has 0 fully saturated rings. The number of rotatable bonds is 4. The number of hydrogen-bond donors (Lipinski definition) is 0. The van der Waals surface area contributed by atoms with E-state index in [-0.39, 0.29) is 5.41 Å². The van der Waals surface area contributed by atoms with Crippen LogP contribution in [0.15, 0.2) is 84.0 Å². The van der Waals surface area contributed by atoms with Gasteiger partial charge in [0, 0.05) is 10.9 Å². The molecule has 4 aromatic rings. The third-order valence-corrected chi connectivity index (χ3v) is 5.68. The third-order valence-electron chi connectivity index (χ3n) is 5.68. The number of aryl methyl sites for hydroxylation is 1. The van der Waals surface area contributed by atoms with E-state index < -0.39 is 5.97 Å². The molecule has 1 aromatic heterocycles. The quantitative estimate of drug-likeness (QED) is 0.195. The number of hydrogen-bond acceptors (Lipinski definition) is 4. The van der Waals surface area contributed by atoms with Crippen molar-refractivity contribution in [2.75, 3.05) is 0 Å². The Labute approximate surface area is 194 Å². The van der Waals surface area contributed by atoms with Crippen LogP contribution in [0.2, 0.25) is 0 Å². The van der Waals surface area contributed by atoms with Crippen molar-refractivity contribution in [2.45, 2.75) is 40.0 Å². The molecule has 4 nitrogen and oxygen atoms in total. The third kappa shape index (κ3) is 5.01. The van der Waals surface area contributed by atoms with E-state index in [1.54, 1.807) is 6.07 Å². The van der Waals surface area contributed by atoms with Crippen LogP contribution in [-0.2, 0) is 10.3 Å². The predicted octanol–water partition coefficient (Wildman–Crippen LogP) is 7.09. The summed E-state index contributed by atoms with van der Waals surface area (Å²) in [5.74, 6) is -0.506. The molecule has 0 saturated carbocycles. The van der Waals surface area contributed by atoms with Gasteiger partial charge >= 0.3 is 5.97 Å². The van der Waals surface area contributed by atoms with Gasteiger partial charge in [0.25, 0.3) is 0 Å². The minimum atomic E-state index is -0.506. The van der Waals surface area contributed by atoms with Crippen molar-refractivity contribution in [3.63, 3.8) is 0 Å². The lowest BCUT2D eigenvalue weighted by Gasteiger charge is -2.19. The zero-order valence-electron chi connectivity index (χ0n) is 19.7. The molecule has 0 spiro atoms. The summed E-state index contributed by atoms with van der Waals surface area (Å²) in [6.07, 6.45) is 0. The molecule has 4 heteroatoms. The molecule has 4 rings (SSSR count). The number of para-hydroxylation sites is 1. The Morgan fingerprint density at radius 1 is 0.909 bits per heavy atom. The highest BCUT2D eigenvalue weighted by Gasteiger charge is 2.17. The highest BCUT2D eigenvalue weighted by atomic mass is 16.7. The second-order valence-electron chi connectivity index (χ2n) is 9.32. The Bertz CT molecular complexity index is 1350. The van der Waals surface area contributed by atoms with Gasteiger partial charge in [-0.2, -0.15) is 0 Å². The van der Waals surface area contributed by atoms with E-state index in [0.29, 0.717) is 11.3 Å². The van der Waals surface area contributed by atoms with Crippen molar-refractivity contribution in [1.29, 1.82) is 0 Å². The topological polar surface area (TPSA) is 51.5 Å². The van der Waals surface area contributed by atoms with E-state index in [1.807, 2.05) is 68.4 Å². The molecule has 3 aromatic carbocycles. The summed E-state index contributed by atoms with van der Waals surface area (Å²) in [6, 6.07) is 25.6. The first-order chi connectivity index (χ1) is 15.7. The number of nitrogens with zero attached hydrogens (tertiary/aromatic N) is 2. The average molecular weight is 437 g/mol. The predicted molar refractivity (Wildman–Crippen MR) is 135 cm³/mol. The average Bonchev–Trinajstić information content (AvgIpc) is 2.81. The molecule has 0 aliphatic carbocycles. The number of aromatic nitrogens is 1. The smallest absolute Gasteiger partial charge is 0.313 e. The molecule has 0 saturated heterocycles. The minimum absolute atomic E-state index is 0.0768. The van der Waals surface area contributed by atoms with Crippen molar-refractivity contribution >= 4 is 22.6 Å². The van der Waals surface area contributed by atoms with Gasteiger partial charge in [-0.3, -0.25) is 0 Å². The molecule has 166 valence electrons. The summed E-state index contributed by atoms with van der Waals surface area (Å²) < 4.78 is 0. The number of fused-ring (bicyclic) bond motifs is 1. The molecule has 0 amide bonds. The lowest BCUT2D eigenvalue weighted by Crippen LogP contribution is -2.11. The van der Waals surface area contributed by atoms with Gasteiger partial charge in [0.2, 0.25) is 0 Å². The van der Waals surface area contributed by atoms with Gasteiger partial charge in [0.1, 0.15) is 0 Å².